The van der Waals surface area contributed by atoms with Gasteiger partial charge in [0.15, 0.2) is 5.16 Å². The Labute approximate surface area is 200 Å². The molecule has 0 radical (unpaired) electrons. The lowest BCUT2D eigenvalue weighted by molar-refractivity contribution is -0.118. The SMILES string of the molecule is Cc1ccc(CNC(=O)CSc2nnc3n(-c4ccccc4C)c(=O)c4ccccc4n23)cc1. The number of hydrogen-bond donors (Lipinski definition) is 1. The minimum absolute atomic E-state index is 0.0983. The molecule has 0 atom stereocenters. The van der Waals surface area contributed by atoms with Gasteiger partial charge >= 0.3 is 0 Å². The molecule has 0 saturated heterocycles. The molecule has 34 heavy (non-hydrogen) atoms. The largest absolute Gasteiger partial charge is 0.351 e. The maximum absolute atomic E-state index is 13.4. The second-order valence-corrected chi connectivity index (χ2v) is 9.06. The fraction of sp³-hybridized carbons (Fsp3) is 0.154. The molecule has 2 heterocycles. The van der Waals surface area contributed by atoms with Crippen LogP contribution < -0.4 is 10.9 Å². The van der Waals surface area contributed by atoms with Crippen LogP contribution in [0.5, 0.6) is 0 Å². The summed E-state index contributed by atoms with van der Waals surface area (Å²) in [5.41, 5.74) is 4.49. The second kappa shape index (κ2) is 9.15. The maximum Gasteiger partial charge on any atom is 0.267 e. The summed E-state index contributed by atoms with van der Waals surface area (Å²) in [7, 11) is 0. The second-order valence-electron chi connectivity index (χ2n) is 8.11. The van der Waals surface area contributed by atoms with Gasteiger partial charge in [-0.15, -0.1) is 10.2 Å². The summed E-state index contributed by atoms with van der Waals surface area (Å²) < 4.78 is 3.44. The lowest BCUT2D eigenvalue weighted by Gasteiger charge is -2.13. The van der Waals surface area contributed by atoms with Gasteiger partial charge in [0.25, 0.3) is 5.56 Å². The summed E-state index contributed by atoms with van der Waals surface area (Å²) in [6.07, 6.45) is 0. The minimum Gasteiger partial charge on any atom is -0.351 e. The van der Waals surface area contributed by atoms with Gasteiger partial charge in [0.2, 0.25) is 11.7 Å². The Bertz CT molecular complexity index is 1570. The van der Waals surface area contributed by atoms with Crippen molar-refractivity contribution in [1.82, 2.24) is 24.5 Å². The molecule has 5 aromatic rings. The predicted octanol–water partition coefficient (Wildman–Crippen LogP) is 4.06. The number of aryl methyl sites for hydroxylation is 2. The van der Waals surface area contributed by atoms with Gasteiger partial charge in [-0.2, -0.15) is 0 Å². The number of rotatable bonds is 6. The van der Waals surface area contributed by atoms with Gasteiger partial charge in [0.05, 0.1) is 22.3 Å². The molecule has 2 aromatic heterocycles. The maximum atomic E-state index is 13.4. The van der Waals surface area contributed by atoms with Crippen LogP contribution in [0.2, 0.25) is 0 Å². The zero-order valence-corrected chi connectivity index (χ0v) is 19.7. The van der Waals surface area contributed by atoms with Gasteiger partial charge in [-0.05, 0) is 43.2 Å². The summed E-state index contributed by atoms with van der Waals surface area (Å²) in [6.45, 7) is 4.46. The lowest BCUT2D eigenvalue weighted by Crippen LogP contribution is -2.25. The quantitative estimate of drug-likeness (QED) is 0.379. The average Bonchev–Trinajstić information content (AvgIpc) is 3.27. The average molecular weight is 470 g/mol. The third-order valence-corrected chi connectivity index (χ3v) is 6.62. The molecule has 1 amide bonds. The molecule has 0 aliphatic carbocycles. The van der Waals surface area contributed by atoms with Crippen molar-refractivity contribution in [3.05, 3.63) is 99.8 Å². The molecule has 8 heteroatoms. The number of amides is 1. The monoisotopic (exact) mass is 469 g/mol. The highest BCUT2D eigenvalue weighted by Gasteiger charge is 2.19. The van der Waals surface area contributed by atoms with E-state index in [2.05, 4.69) is 15.5 Å². The lowest BCUT2D eigenvalue weighted by atomic mass is 10.1. The van der Waals surface area contributed by atoms with E-state index in [0.717, 1.165) is 16.8 Å². The van der Waals surface area contributed by atoms with E-state index in [0.29, 0.717) is 28.4 Å². The van der Waals surface area contributed by atoms with Crippen LogP contribution in [0, 0.1) is 13.8 Å². The first-order valence-electron chi connectivity index (χ1n) is 10.9. The molecule has 5 rings (SSSR count). The normalized spacial score (nSPS) is 11.2. The molecule has 0 fully saturated rings. The molecular formula is C26H23N5O2S. The van der Waals surface area contributed by atoms with E-state index < -0.39 is 0 Å². The fourth-order valence-electron chi connectivity index (χ4n) is 3.89. The number of benzene rings is 3. The van der Waals surface area contributed by atoms with Crippen LogP contribution in [0.25, 0.3) is 22.4 Å². The Balaban J connectivity index is 1.48. The van der Waals surface area contributed by atoms with Crippen molar-refractivity contribution in [2.45, 2.75) is 25.5 Å². The number of fused-ring (bicyclic) bond motifs is 3. The topological polar surface area (TPSA) is 81.3 Å². The Morgan fingerprint density at radius 2 is 1.68 bits per heavy atom. The van der Waals surface area contributed by atoms with Gasteiger partial charge in [-0.1, -0.05) is 71.9 Å². The zero-order chi connectivity index (χ0) is 23.7. The Hall–Kier alpha value is -3.91. The Morgan fingerprint density at radius 3 is 2.47 bits per heavy atom. The van der Waals surface area contributed by atoms with Crippen LogP contribution in [0.1, 0.15) is 16.7 Å². The fourth-order valence-corrected chi connectivity index (χ4v) is 4.66. The number of carbonyl (C=O) groups excluding carboxylic acids is 1. The van der Waals surface area contributed by atoms with Crippen molar-refractivity contribution in [2.24, 2.45) is 0 Å². The number of carbonyl (C=O) groups is 1. The van der Waals surface area contributed by atoms with E-state index in [1.807, 2.05) is 85.0 Å². The van der Waals surface area contributed by atoms with Gasteiger partial charge in [-0.3, -0.25) is 14.0 Å². The molecule has 3 aromatic carbocycles. The van der Waals surface area contributed by atoms with Crippen LogP contribution >= 0.6 is 11.8 Å². The molecule has 0 bridgehead atoms. The highest BCUT2D eigenvalue weighted by molar-refractivity contribution is 7.99. The molecule has 1 N–H and O–H groups in total. The van der Waals surface area contributed by atoms with E-state index in [-0.39, 0.29) is 17.2 Å². The van der Waals surface area contributed by atoms with Gasteiger partial charge < -0.3 is 5.32 Å². The van der Waals surface area contributed by atoms with Gasteiger partial charge in [0, 0.05) is 6.54 Å². The summed E-state index contributed by atoms with van der Waals surface area (Å²) in [6, 6.07) is 23.1. The first-order valence-corrected chi connectivity index (χ1v) is 11.9. The van der Waals surface area contributed by atoms with E-state index in [1.165, 1.54) is 17.3 Å². The standard InChI is InChI=1S/C26H23N5O2S/c1-17-11-13-19(14-12-17)15-27-23(32)16-34-26-29-28-25-30(21-9-5-3-7-18(21)2)24(33)20-8-4-6-10-22(20)31(25)26/h3-14H,15-16H2,1-2H3,(H,27,32). The van der Waals surface area contributed by atoms with Crippen LogP contribution in [0.3, 0.4) is 0 Å². The molecule has 0 spiro atoms. The Morgan fingerprint density at radius 1 is 0.941 bits per heavy atom. The number of aromatic nitrogens is 4. The van der Waals surface area contributed by atoms with E-state index >= 15 is 0 Å². The van der Waals surface area contributed by atoms with Crippen LogP contribution in [-0.2, 0) is 11.3 Å². The third-order valence-electron chi connectivity index (χ3n) is 5.69. The van der Waals surface area contributed by atoms with E-state index in [1.54, 1.807) is 10.6 Å². The van der Waals surface area contributed by atoms with Crippen LogP contribution in [0.4, 0.5) is 0 Å². The van der Waals surface area contributed by atoms with E-state index in [9.17, 15) is 9.59 Å². The first-order chi connectivity index (χ1) is 16.5. The molecular weight excluding hydrogens is 446 g/mol. The van der Waals surface area contributed by atoms with Gasteiger partial charge in [0.1, 0.15) is 0 Å². The number of para-hydroxylation sites is 2. The first kappa shape index (κ1) is 21.9. The number of thioether (sulfide) groups is 1. The Kier molecular flexibility index (Phi) is 5.90. The summed E-state index contributed by atoms with van der Waals surface area (Å²) in [4.78, 5) is 25.9. The van der Waals surface area contributed by atoms with Crippen molar-refractivity contribution >= 4 is 34.3 Å². The smallest absolute Gasteiger partial charge is 0.267 e. The summed E-state index contributed by atoms with van der Waals surface area (Å²) in [5.74, 6) is 0.504. The molecule has 7 nitrogen and oxygen atoms in total. The molecule has 0 aliphatic rings. The highest BCUT2D eigenvalue weighted by atomic mass is 32.2. The molecule has 0 saturated carbocycles. The predicted molar refractivity (Wildman–Crippen MR) is 135 cm³/mol. The molecule has 170 valence electrons. The van der Waals surface area contributed by atoms with Crippen LogP contribution in [0.15, 0.2) is 82.7 Å². The zero-order valence-electron chi connectivity index (χ0n) is 18.9. The van der Waals surface area contributed by atoms with Crippen molar-refractivity contribution in [2.75, 3.05) is 5.75 Å². The summed E-state index contributed by atoms with van der Waals surface area (Å²) in [5, 5.41) is 12.7. The van der Waals surface area contributed by atoms with Crippen molar-refractivity contribution < 1.29 is 4.79 Å². The van der Waals surface area contributed by atoms with Crippen LogP contribution in [-0.4, -0.2) is 30.8 Å². The van der Waals surface area contributed by atoms with Crippen molar-refractivity contribution in [3.63, 3.8) is 0 Å². The number of hydrogen-bond acceptors (Lipinski definition) is 5. The highest BCUT2D eigenvalue weighted by Crippen LogP contribution is 2.24. The van der Waals surface area contributed by atoms with Crippen molar-refractivity contribution in [3.8, 4) is 5.69 Å². The van der Waals surface area contributed by atoms with Crippen molar-refractivity contribution in [1.29, 1.82) is 0 Å². The van der Waals surface area contributed by atoms with E-state index in [4.69, 9.17) is 0 Å². The third kappa shape index (κ3) is 4.08. The minimum atomic E-state index is -0.155. The van der Waals surface area contributed by atoms with Gasteiger partial charge in [-0.25, -0.2) is 4.57 Å². The molecule has 0 aliphatic heterocycles. The number of nitrogens with one attached hydrogen (secondary N) is 1. The molecule has 0 unspecified atom stereocenters. The summed E-state index contributed by atoms with van der Waals surface area (Å²) >= 11 is 1.29. The number of nitrogens with zero attached hydrogens (tertiary/aromatic N) is 4.